The van der Waals surface area contributed by atoms with Crippen LogP contribution in [0, 0.1) is 56.2 Å². The molecule has 2 aromatic rings. The van der Waals surface area contributed by atoms with Crippen LogP contribution in [0.25, 0.3) is 10.9 Å². The summed E-state index contributed by atoms with van der Waals surface area (Å²) in [6.45, 7) is 19.6. The molecule has 3 saturated carbocycles. The van der Waals surface area contributed by atoms with Crippen molar-refractivity contribution in [3.63, 3.8) is 0 Å². The number of benzene rings is 1. The van der Waals surface area contributed by atoms with Gasteiger partial charge >= 0.3 is 0 Å². The standard InChI is InChI=1S/C39H54N2O/c1-34(2)17-19-39(25-42-22-10-21-40)20-18-37(6)28(29(39)24-34)13-14-32-36(5)23-27-26-11-8-9-12-30(26)41-33(27)35(3,4)31(36)15-16-38(32,37)7/h8-9,11-13,29,31-32,41H,10,14-20,22-25H2,1-7H3/t29-,31-,32+,36-,37+,38+,39+/m0/s1. The SMILES string of the molecule is CC1(C)CC[C@]2(COCCC#N)CC[C@]3(C)C(=CC[C@@H]4[C@@]5(C)Cc6c([nH]c7ccccc67)C(C)(C)[C@@H]5CC[C@]43C)[C@@H]2C1. The van der Waals surface area contributed by atoms with E-state index in [-0.39, 0.29) is 21.7 Å². The molecule has 0 unspecified atom stereocenters. The number of aromatic amines is 1. The predicted molar refractivity (Wildman–Crippen MR) is 172 cm³/mol. The zero-order valence-corrected chi connectivity index (χ0v) is 27.5. The van der Waals surface area contributed by atoms with Gasteiger partial charge in [-0.15, -0.1) is 0 Å². The summed E-state index contributed by atoms with van der Waals surface area (Å²) >= 11 is 0. The molecule has 0 spiro atoms. The van der Waals surface area contributed by atoms with Gasteiger partial charge < -0.3 is 9.72 Å². The third kappa shape index (κ3) is 3.72. The number of para-hydroxylation sites is 1. The van der Waals surface area contributed by atoms with E-state index in [1.54, 1.807) is 11.1 Å². The Kier molecular flexibility index (Phi) is 6.31. The first-order valence-electron chi connectivity index (χ1n) is 17.1. The van der Waals surface area contributed by atoms with Crippen LogP contribution in [-0.2, 0) is 16.6 Å². The van der Waals surface area contributed by atoms with E-state index in [9.17, 15) is 0 Å². The van der Waals surface area contributed by atoms with Crippen molar-refractivity contribution in [2.75, 3.05) is 13.2 Å². The fraction of sp³-hybridized carbons (Fsp3) is 0.718. The molecular weight excluding hydrogens is 512 g/mol. The molecule has 3 nitrogen and oxygen atoms in total. The number of ether oxygens (including phenoxy) is 1. The number of hydrogen-bond acceptors (Lipinski definition) is 2. The number of nitrogens with one attached hydrogen (secondary N) is 1. The van der Waals surface area contributed by atoms with Crippen molar-refractivity contribution in [3.8, 4) is 6.07 Å². The molecule has 1 N–H and O–H groups in total. The van der Waals surface area contributed by atoms with Crippen LogP contribution in [0.3, 0.4) is 0 Å². The van der Waals surface area contributed by atoms with Crippen LogP contribution in [-0.4, -0.2) is 18.2 Å². The molecule has 226 valence electrons. The molecule has 0 bridgehead atoms. The minimum Gasteiger partial charge on any atom is -0.380 e. The summed E-state index contributed by atoms with van der Waals surface area (Å²) in [6.07, 6.45) is 14.8. The lowest BCUT2D eigenvalue weighted by Gasteiger charge is -2.71. The monoisotopic (exact) mass is 566 g/mol. The lowest BCUT2D eigenvalue weighted by Crippen LogP contribution is -2.64. The van der Waals surface area contributed by atoms with Crippen molar-refractivity contribution >= 4 is 10.9 Å². The summed E-state index contributed by atoms with van der Waals surface area (Å²) in [7, 11) is 0. The highest BCUT2D eigenvalue weighted by Crippen LogP contribution is 2.75. The van der Waals surface area contributed by atoms with Crippen molar-refractivity contribution in [1.82, 2.24) is 4.98 Å². The Morgan fingerprint density at radius 3 is 2.50 bits per heavy atom. The van der Waals surface area contributed by atoms with Crippen LogP contribution in [0.5, 0.6) is 0 Å². The first-order valence-corrected chi connectivity index (χ1v) is 17.1. The first kappa shape index (κ1) is 28.7. The summed E-state index contributed by atoms with van der Waals surface area (Å²) in [5.74, 6) is 1.98. The highest BCUT2D eigenvalue weighted by Gasteiger charge is 2.68. The molecule has 1 heterocycles. The van der Waals surface area contributed by atoms with Gasteiger partial charge in [-0.3, -0.25) is 0 Å². The number of aromatic nitrogens is 1. The molecule has 42 heavy (non-hydrogen) atoms. The molecule has 3 fully saturated rings. The molecule has 0 saturated heterocycles. The summed E-state index contributed by atoms with van der Waals surface area (Å²) < 4.78 is 6.30. The molecule has 1 aromatic carbocycles. The third-order valence-corrected chi connectivity index (χ3v) is 14.7. The zero-order chi connectivity index (χ0) is 29.8. The molecule has 5 aliphatic carbocycles. The van der Waals surface area contributed by atoms with Crippen molar-refractivity contribution in [2.24, 2.45) is 44.8 Å². The van der Waals surface area contributed by atoms with Crippen molar-refractivity contribution < 1.29 is 4.74 Å². The van der Waals surface area contributed by atoms with Gasteiger partial charge in [0.1, 0.15) is 0 Å². The van der Waals surface area contributed by atoms with Gasteiger partial charge in [0.15, 0.2) is 0 Å². The van der Waals surface area contributed by atoms with Gasteiger partial charge in [-0.1, -0.05) is 78.3 Å². The van der Waals surface area contributed by atoms with Crippen LogP contribution in [0.15, 0.2) is 35.9 Å². The second-order valence-corrected chi connectivity index (χ2v) is 17.5. The zero-order valence-electron chi connectivity index (χ0n) is 27.5. The van der Waals surface area contributed by atoms with Gasteiger partial charge in [0.25, 0.3) is 0 Å². The second kappa shape index (κ2) is 9.23. The molecule has 7 atom stereocenters. The van der Waals surface area contributed by atoms with E-state index in [2.05, 4.69) is 89.9 Å². The molecule has 0 amide bonds. The Morgan fingerprint density at radius 1 is 0.952 bits per heavy atom. The number of allylic oxidation sites excluding steroid dienone is 2. The van der Waals surface area contributed by atoms with Crippen LogP contribution in [0.4, 0.5) is 0 Å². The average molecular weight is 567 g/mol. The van der Waals surface area contributed by atoms with Crippen LogP contribution in [0.1, 0.15) is 118 Å². The molecule has 0 aliphatic heterocycles. The maximum atomic E-state index is 9.12. The van der Waals surface area contributed by atoms with E-state index in [1.807, 2.05) is 0 Å². The summed E-state index contributed by atoms with van der Waals surface area (Å²) in [4.78, 5) is 3.92. The minimum absolute atomic E-state index is 0.142. The van der Waals surface area contributed by atoms with E-state index >= 15 is 0 Å². The average Bonchev–Trinajstić information content (AvgIpc) is 3.31. The molecule has 1 aromatic heterocycles. The number of nitrogens with zero attached hydrogens (tertiary/aromatic N) is 1. The summed E-state index contributed by atoms with van der Waals surface area (Å²) in [6, 6.07) is 11.3. The van der Waals surface area contributed by atoms with Crippen molar-refractivity contribution in [1.29, 1.82) is 5.26 Å². The predicted octanol–water partition coefficient (Wildman–Crippen LogP) is 9.91. The van der Waals surface area contributed by atoms with Crippen LogP contribution in [0.2, 0.25) is 0 Å². The van der Waals surface area contributed by atoms with Gasteiger partial charge in [-0.05, 0) is 109 Å². The highest BCUT2D eigenvalue weighted by molar-refractivity contribution is 5.85. The van der Waals surface area contributed by atoms with Gasteiger partial charge in [-0.2, -0.15) is 5.26 Å². The molecular formula is C39H54N2O. The second-order valence-electron chi connectivity index (χ2n) is 17.5. The number of H-pyrrole nitrogens is 1. The van der Waals surface area contributed by atoms with Gasteiger partial charge in [0.2, 0.25) is 0 Å². The fourth-order valence-corrected chi connectivity index (χ4v) is 12.3. The van der Waals surface area contributed by atoms with E-state index in [1.165, 1.54) is 74.4 Å². The van der Waals surface area contributed by atoms with E-state index in [0.29, 0.717) is 41.6 Å². The highest BCUT2D eigenvalue weighted by atomic mass is 16.5. The molecule has 5 aliphatic rings. The Balaban J connectivity index is 1.30. The largest absolute Gasteiger partial charge is 0.380 e. The van der Waals surface area contributed by atoms with E-state index in [4.69, 9.17) is 10.00 Å². The maximum absolute atomic E-state index is 9.12. The quantitative estimate of drug-likeness (QED) is 0.296. The minimum atomic E-state index is 0.142. The van der Waals surface area contributed by atoms with Gasteiger partial charge in [-0.25, -0.2) is 0 Å². The lowest BCUT2D eigenvalue weighted by molar-refractivity contribution is -0.166. The van der Waals surface area contributed by atoms with Crippen LogP contribution < -0.4 is 0 Å². The van der Waals surface area contributed by atoms with Crippen molar-refractivity contribution in [2.45, 2.75) is 118 Å². The third-order valence-electron chi connectivity index (χ3n) is 14.7. The number of hydrogen-bond donors (Lipinski definition) is 1. The maximum Gasteiger partial charge on any atom is 0.0645 e. The Labute approximate surface area is 254 Å². The van der Waals surface area contributed by atoms with Gasteiger partial charge in [0.05, 0.1) is 25.7 Å². The molecule has 3 heteroatoms. The fourth-order valence-electron chi connectivity index (χ4n) is 12.3. The van der Waals surface area contributed by atoms with Crippen molar-refractivity contribution in [3.05, 3.63) is 47.2 Å². The topological polar surface area (TPSA) is 48.8 Å². The smallest absolute Gasteiger partial charge is 0.0645 e. The number of fused-ring (bicyclic) bond motifs is 10. The molecule has 0 radical (unpaired) electrons. The normalized spacial score (nSPS) is 41.4. The number of nitriles is 1. The van der Waals surface area contributed by atoms with Gasteiger partial charge in [0, 0.05) is 27.4 Å². The summed E-state index contributed by atoms with van der Waals surface area (Å²) in [5.41, 5.74) is 7.81. The van der Waals surface area contributed by atoms with E-state index < -0.39 is 0 Å². The summed E-state index contributed by atoms with van der Waals surface area (Å²) in [5, 5.41) is 10.6. The van der Waals surface area contributed by atoms with E-state index in [0.717, 1.165) is 6.61 Å². The van der Waals surface area contributed by atoms with Crippen LogP contribution >= 0.6 is 0 Å². The Hall–Kier alpha value is -2.05. The molecule has 7 rings (SSSR count). The number of rotatable bonds is 4. The Morgan fingerprint density at radius 2 is 1.71 bits per heavy atom. The lowest BCUT2D eigenvalue weighted by atomic mass is 9.33. The first-order chi connectivity index (χ1) is 19.8. The Bertz CT molecular complexity index is 1470.